The average molecular weight is 352 g/mol. The van der Waals surface area contributed by atoms with Crippen molar-refractivity contribution < 1.29 is 9.21 Å². The number of benzene rings is 1. The van der Waals surface area contributed by atoms with Crippen LogP contribution in [0.15, 0.2) is 58.1 Å². The molecule has 4 rings (SSSR count). The highest BCUT2D eigenvalue weighted by Gasteiger charge is 2.39. The topological polar surface area (TPSA) is 61.1 Å². The highest BCUT2D eigenvalue weighted by molar-refractivity contribution is 5.91. The molecule has 1 aliphatic heterocycles. The van der Waals surface area contributed by atoms with Crippen LogP contribution in [0.3, 0.4) is 0 Å². The van der Waals surface area contributed by atoms with Gasteiger partial charge in [0.2, 0.25) is 0 Å². The third kappa shape index (κ3) is 3.45. The average Bonchev–Trinajstić information content (AvgIpc) is 3.25. The lowest BCUT2D eigenvalue weighted by Gasteiger charge is -2.36. The summed E-state index contributed by atoms with van der Waals surface area (Å²) < 4.78 is 5.22. The van der Waals surface area contributed by atoms with E-state index < -0.39 is 0 Å². The number of nitrogens with zero attached hydrogens (tertiary/aromatic N) is 3. The Morgan fingerprint density at radius 3 is 2.46 bits per heavy atom. The van der Waals surface area contributed by atoms with Gasteiger partial charge in [0.05, 0.1) is 6.26 Å². The van der Waals surface area contributed by atoms with Crippen molar-refractivity contribution in [3.05, 3.63) is 60.1 Å². The molecule has 1 N–H and O–H groups in total. The van der Waals surface area contributed by atoms with Gasteiger partial charge >= 0.3 is 0 Å². The summed E-state index contributed by atoms with van der Waals surface area (Å²) in [6.07, 6.45) is 2.67. The van der Waals surface area contributed by atoms with Gasteiger partial charge in [-0.25, -0.2) is 0 Å². The van der Waals surface area contributed by atoms with E-state index in [1.165, 1.54) is 11.8 Å². The lowest BCUT2D eigenvalue weighted by atomic mass is 10.1. The maximum absolute atomic E-state index is 12.4. The van der Waals surface area contributed by atoms with Crippen molar-refractivity contribution in [2.24, 2.45) is 4.99 Å². The van der Waals surface area contributed by atoms with E-state index in [9.17, 15) is 4.79 Å². The van der Waals surface area contributed by atoms with Gasteiger partial charge in [0.1, 0.15) is 0 Å². The summed E-state index contributed by atoms with van der Waals surface area (Å²) in [5, 5.41) is 3.58. The molecule has 2 fully saturated rings. The molecule has 26 heavy (non-hydrogen) atoms. The van der Waals surface area contributed by atoms with Gasteiger partial charge in [-0.05, 0) is 24.1 Å². The number of guanidine groups is 1. The van der Waals surface area contributed by atoms with E-state index in [0.717, 1.165) is 25.5 Å². The molecular formula is C20H24N4O2. The first kappa shape index (κ1) is 16.7. The van der Waals surface area contributed by atoms with Gasteiger partial charge in [-0.2, -0.15) is 0 Å². The number of carbonyl (C=O) groups is 1. The van der Waals surface area contributed by atoms with Gasteiger partial charge < -0.3 is 19.5 Å². The van der Waals surface area contributed by atoms with Crippen LogP contribution in [0.5, 0.6) is 0 Å². The van der Waals surface area contributed by atoms with Crippen LogP contribution < -0.4 is 5.32 Å². The summed E-state index contributed by atoms with van der Waals surface area (Å²) in [5.74, 6) is 1.86. The molecule has 0 radical (unpaired) electrons. The Labute approximate surface area is 153 Å². The lowest BCUT2D eigenvalue weighted by Crippen LogP contribution is -2.54. The molecule has 2 aliphatic rings. The highest BCUT2D eigenvalue weighted by Crippen LogP contribution is 2.40. The SMILES string of the molecule is CN=C(NC1CC1c1ccccc1)N1CCN(C(=O)c2ccco2)CC1. The Balaban J connectivity index is 1.30. The molecule has 0 spiro atoms. The van der Waals surface area contributed by atoms with Gasteiger partial charge in [-0.1, -0.05) is 30.3 Å². The molecule has 1 aromatic carbocycles. The first-order valence-corrected chi connectivity index (χ1v) is 9.12. The zero-order chi connectivity index (χ0) is 17.9. The lowest BCUT2D eigenvalue weighted by molar-refractivity contribution is 0.0657. The molecule has 1 saturated carbocycles. The molecule has 136 valence electrons. The summed E-state index contributed by atoms with van der Waals surface area (Å²) in [6, 6.07) is 14.5. The van der Waals surface area contributed by atoms with E-state index in [4.69, 9.17) is 4.42 Å². The summed E-state index contributed by atoms with van der Waals surface area (Å²) in [4.78, 5) is 20.9. The van der Waals surface area contributed by atoms with E-state index >= 15 is 0 Å². The molecular weight excluding hydrogens is 328 g/mol. The second-order valence-electron chi connectivity index (χ2n) is 6.81. The van der Waals surface area contributed by atoms with Gasteiger partial charge in [-0.3, -0.25) is 9.79 Å². The fraction of sp³-hybridized carbons (Fsp3) is 0.400. The van der Waals surface area contributed by atoms with Crippen molar-refractivity contribution in [1.29, 1.82) is 0 Å². The van der Waals surface area contributed by atoms with Crippen LogP contribution in [0.25, 0.3) is 0 Å². The maximum atomic E-state index is 12.4. The van der Waals surface area contributed by atoms with E-state index in [-0.39, 0.29) is 5.91 Å². The predicted molar refractivity (Wildman–Crippen MR) is 100 cm³/mol. The molecule has 2 aromatic rings. The van der Waals surface area contributed by atoms with E-state index in [2.05, 4.69) is 45.5 Å². The molecule has 1 aromatic heterocycles. The van der Waals surface area contributed by atoms with E-state index in [1.54, 1.807) is 12.1 Å². The van der Waals surface area contributed by atoms with Crippen LogP contribution in [0, 0.1) is 0 Å². The first-order valence-electron chi connectivity index (χ1n) is 9.12. The Hall–Kier alpha value is -2.76. The third-order valence-electron chi connectivity index (χ3n) is 5.14. The van der Waals surface area contributed by atoms with Crippen LogP contribution in [0.4, 0.5) is 0 Å². The summed E-state index contributed by atoms with van der Waals surface area (Å²) in [6.45, 7) is 2.89. The molecule has 6 nitrogen and oxygen atoms in total. The zero-order valence-electron chi connectivity index (χ0n) is 15.0. The fourth-order valence-corrected chi connectivity index (χ4v) is 3.56. The van der Waals surface area contributed by atoms with Crippen molar-refractivity contribution in [2.45, 2.75) is 18.4 Å². The number of amides is 1. The number of hydrogen-bond donors (Lipinski definition) is 1. The fourth-order valence-electron chi connectivity index (χ4n) is 3.56. The minimum absolute atomic E-state index is 0.0380. The van der Waals surface area contributed by atoms with Crippen LogP contribution in [0.1, 0.15) is 28.5 Å². The highest BCUT2D eigenvalue weighted by atomic mass is 16.3. The maximum Gasteiger partial charge on any atom is 0.289 e. The van der Waals surface area contributed by atoms with Crippen molar-refractivity contribution in [3.8, 4) is 0 Å². The molecule has 6 heteroatoms. The quantitative estimate of drug-likeness (QED) is 0.679. The van der Waals surface area contributed by atoms with Crippen molar-refractivity contribution in [1.82, 2.24) is 15.1 Å². The number of nitrogens with one attached hydrogen (secondary N) is 1. The minimum atomic E-state index is -0.0380. The van der Waals surface area contributed by atoms with E-state index in [1.807, 2.05) is 11.9 Å². The summed E-state index contributed by atoms with van der Waals surface area (Å²) in [5.41, 5.74) is 1.38. The zero-order valence-corrected chi connectivity index (χ0v) is 15.0. The third-order valence-corrected chi connectivity index (χ3v) is 5.14. The van der Waals surface area contributed by atoms with Crippen molar-refractivity contribution >= 4 is 11.9 Å². The standard InChI is InChI=1S/C20H24N4O2/c1-21-20(22-17-14-16(17)15-6-3-2-4-7-15)24-11-9-23(10-12-24)19(25)18-8-5-13-26-18/h2-8,13,16-17H,9-12,14H2,1H3,(H,21,22). The summed E-state index contributed by atoms with van der Waals surface area (Å²) >= 11 is 0. The Morgan fingerprint density at radius 2 is 1.81 bits per heavy atom. The molecule has 2 unspecified atom stereocenters. The number of aliphatic imine (C=N–C) groups is 1. The van der Waals surface area contributed by atoms with Crippen molar-refractivity contribution in [3.63, 3.8) is 0 Å². The predicted octanol–water partition coefficient (Wildman–Crippen LogP) is 2.17. The number of carbonyl (C=O) groups excluding carboxylic acids is 1. The second kappa shape index (κ2) is 7.23. The number of piperazine rings is 1. The second-order valence-corrected chi connectivity index (χ2v) is 6.81. The Morgan fingerprint density at radius 1 is 1.08 bits per heavy atom. The number of furan rings is 1. The number of hydrogen-bond acceptors (Lipinski definition) is 3. The molecule has 2 atom stereocenters. The monoisotopic (exact) mass is 352 g/mol. The van der Waals surface area contributed by atoms with E-state index in [0.29, 0.717) is 30.8 Å². The van der Waals surface area contributed by atoms with Gasteiger partial charge in [0.25, 0.3) is 5.91 Å². The van der Waals surface area contributed by atoms with Crippen molar-refractivity contribution in [2.75, 3.05) is 33.2 Å². The Kier molecular flexibility index (Phi) is 4.65. The molecule has 0 bridgehead atoms. The van der Waals surface area contributed by atoms with Crippen LogP contribution in [0.2, 0.25) is 0 Å². The summed E-state index contributed by atoms with van der Waals surface area (Å²) in [7, 11) is 1.82. The smallest absolute Gasteiger partial charge is 0.289 e. The number of rotatable bonds is 3. The van der Waals surface area contributed by atoms with Gasteiger partial charge in [-0.15, -0.1) is 0 Å². The molecule has 1 amide bonds. The van der Waals surface area contributed by atoms with Gasteiger partial charge in [0.15, 0.2) is 11.7 Å². The van der Waals surface area contributed by atoms with Crippen LogP contribution in [-0.4, -0.2) is 60.9 Å². The van der Waals surface area contributed by atoms with Crippen LogP contribution in [-0.2, 0) is 0 Å². The normalized spacial score (nSPS) is 23.0. The van der Waals surface area contributed by atoms with Crippen LogP contribution >= 0.6 is 0 Å². The molecule has 1 saturated heterocycles. The molecule has 1 aliphatic carbocycles. The van der Waals surface area contributed by atoms with Gasteiger partial charge in [0, 0.05) is 45.2 Å². The largest absolute Gasteiger partial charge is 0.459 e. The minimum Gasteiger partial charge on any atom is -0.459 e. The first-order chi connectivity index (χ1) is 12.8. The Bertz CT molecular complexity index is 764. The molecule has 2 heterocycles.